The predicted molar refractivity (Wildman–Crippen MR) is 86.9 cm³/mol. The molecule has 2 nitrogen and oxygen atoms in total. The van der Waals surface area contributed by atoms with Gasteiger partial charge in [-0.05, 0) is 58.2 Å². The van der Waals surface area contributed by atoms with Crippen LogP contribution in [0.15, 0.2) is 24.3 Å². The third-order valence-corrected chi connectivity index (χ3v) is 4.67. The lowest BCUT2D eigenvalue weighted by Gasteiger charge is -2.37. The molecule has 1 aliphatic heterocycles. The number of nitrogens with zero attached hydrogens (tertiary/aromatic N) is 1. The van der Waals surface area contributed by atoms with Crippen LogP contribution < -0.4 is 5.32 Å². The highest BCUT2D eigenvalue weighted by Crippen LogP contribution is 2.23. The molecule has 2 rings (SSSR count). The second-order valence-corrected chi connectivity index (χ2v) is 6.40. The molecule has 1 aliphatic rings. The zero-order valence-electron chi connectivity index (χ0n) is 13.6. The monoisotopic (exact) mass is 292 g/mol. The summed E-state index contributed by atoms with van der Waals surface area (Å²) in [5.41, 5.74) is 0.769. The summed E-state index contributed by atoms with van der Waals surface area (Å²) in [4.78, 5) is 2.57. The van der Waals surface area contributed by atoms with Crippen molar-refractivity contribution in [3.05, 3.63) is 35.6 Å². The number of nitrogens with one attached hydrogen (secondary N) is 1. The number of hydrogen-bond donors (Lipinski definition) is 1. The number of piperidine rings is 1. The molecule has 118 valence electrons. The number of halogens is 1. The number of rotatable bonds is 6. The Bertz CT molecular complexity index is 433. The van der Waals surface area contributed by atoms with E-state index in [9.17, 15) is 4.39 Å². The molecule has 0 saturated carbocycles. The van der Waals surface area contributed by atoms with Crippen molar-refractivity contribution < 1.29 is 4.39 Å². The fraction of sp³-hybridized carbons (Fsp3) is 0.667. The van der Waals surface area contributed by atoms with Crippen LogP contribution in [0.25, 0.3) is 0 Å². The van der Waals surface area contributed by atoms with Crippen molar-refractivity contribution in [1.82, 2.24) is 10.2 Å². The highest BCUT2D eigenvalue weighted by atomic mass is 19.1. The van der Waals surface area contributed by atoms with Crippen LogP contribution in [0.4, 0.5) is 4.39 Å². The Morgan fingerprint density at radius 3 is 2.81 bits per heavy atom. The molecule has 0 spiro atoms. The van der Waals surface area contributed by atoms with E-state index < -0.39 is 0 Å². The highest BCUT2D eigenvalue weighted by molar-refractivity contribution is 5.20. The van der Waals surface area contributed by atoms with Gasteiger partial charge in [0, 0.05) is 24.2 Å². The summed E-state index contributed by atoms with van der Waals surface area (Å²) in [5, 5.41) is 3.60. The molecular weight excluding hydrogens is 263 g/mol. The molecule has 1 aromatic carbocycles. The summed E-state index contributed by atoms with van der Waals surface area (Å²) in [7, 11) is 0. The molecule has 3 heteroatoms. The Hall–Kier alpha value is -0.930. The average Bonchev–Trinajstić information content (AvgIpc) is 2.48. The van der Waals surface area contributed by atoms with Gasteiger partial charge in [0.25, 0.3) is 0 Å². The van der Waals surface area contributed by atoms with Gasteiger partial charge < -0.3 is 10.2 Å². The summed E-state index contributed by atoms with van der Waals surface area (Å²) in [5.74, 6) is 0.556. The second-order valence-electron chi connectivity index (χ2n) is 6.40. The van der Waals surface area contributed by atoms with Crippen LogP contribution in [-0.4, -0.2) is 30.6 Å². The summed E-state index contributed by atoms with van der Waals surface area (Å²) in [6.45, 7) is 10.2. The zero-order valence-corrected chi connectivity index (χ0v) is 13.6. The minimum atomic E-state index is -0.110. The van der Waals surface area contributed by atoms with Crippen molar-refractivity contribution in [2.24, 2.45) is 5.92 Å². The van der Waals surface area contributed by atoms with E-state index in [1.807, 2.05) is 12.1 Å². The van der Waals surface area contributed by atoms with Gasteiger partial charge in [-0.2, -0.15) is 0 Å². The third kappa shape index (κ3) is 4.52. The molecule has 3 atom stereocenters. The number of hydrogen-bond acceptors (Lipinski definition) is 2. The summed E-state index contributed by atoms with van der Waals surface area (Å²) >= 11 is 0. The molecule has 1 aromatic rings. The molecule has 0 bridgehead atoms. The van der Waals surface area contributed by atoms with E-state index in [4.69, 9.17) is 0 Å². The second kappa shape index (κ2) is 7.90. The lowest BCUT2D eigenvalue weighted by Crippen LogP contribution is -2.45. The summed E-state index contributed by atoms with van der Waals surface area (Å²) in [6.07, 6.45) is 3.78. The van der Waals surface area contributed by atoms with Gasteiger partial charge in [0.05, 0.1) is 0 Å². The SMILES string of the molecule is CCCN1CCCC(C(C)NC(C)c2ccccc2F)C1. The topological polar surface area (TPSA) is 15.3 Å². The van der Waals surface area contributed by atoms with Crippen molar-refractivity contribution in [2.75, 3.05) is 19.6 Å². The van der Waals surface area contributed by atoms with E-state index in [1.54, 1.807) is 12.1 Å². The van der Waals surface area contributed by atoms with Crippen molar-refractivity contribution in [2.45, 2.75) is 52.1 Å². The fourth-order valence-corrected chi connectivity index (χ4v) is 3.47. The first-order valence-electron chi connectivity index (χ1n) is 8.34. The normalized spacial score (nSPS) is 23.0. The quantitative estimate of drug-likeness (QED) is 0.853. The van der Waals surface area contributed by atoms with Crippen LogP contribution in [0.3, 0.4) is 0 Å². The molecule has 0 aliphatic carbocycles. The Morgan fingerprint density at radius 1 is 1.33 bits per heavy atom. The first kappa shape index (κ1) is 16.4. The van der Waals surface area contributed by atoms with E-state index in [2.05, 4.69) is 31.0 Å². The van der Waals surface area contributed by atoms with Gasteiger partial charge in [0.2, 0.25) is 0 Å². The van der Waals surface area contributed by atoms with Gasteiger partial charge in [-0.25, -0.2) is 4.39 Å². The highest BCUT2D eigenvalue weighted by Gasteiger charge is 2.25. The number of likely N-dealkylation sites (tertiary alicyclic amines) is 1. The van der Waals surface area contributed by atoms with Gasteiger partial charge in [0.15, 0.2) is 0 Å². The summed E-state index contributed by atoms with van der Waals surface area (Å²) in [6, 6.07) is 7.55. The van der Waals surface area contributed by atoms with E-state index in [1.165, 1.54) is 38.9 Å². The Kier molecular flexibility index (Phi) is 6.19. The maximum atomic E-state index is 13.8. The molecule has 21 heavy (non-hydrogen) atoms. The molecule has 0 radical (unpaired) electrons. The molecule has 0 amide bonds. The minimum absolute atomic E-state index is 0.0581. The van der Waals surface area contributed by atoms with Gasteiger partial charge in [-0.15, -0.1) is 0 Å². The van der Waals surface area contributed by atoms with Crippen molar-refractivity contribution in [1.29, 1.82) is 0 Å². The van der Waals surface area contributed by atoms with Crippen LogP contribution in [-0.2, 0) is 0 Å². The first-order chi connectivity index (χ1) is 10.1. The van der Waals surface area contributed by atoms with Crippen molar-refractivity contribution >= 4 is 0 Å². The lowest BCUT2D eigenvalue weighted by molar-refractivity contribution is 0.147. The number of benzene rings is 1. The lowest BCUT2D eigenvalue weighted by atomic mass is 9.90. The van der Waals surface area contributed by atoms with Crippen LogP contribution in [0.5, 0.6) is 0 Å². The van der Waals surface area contributed by atoms with Crippen molar-refractivity contribution in [3.8, 4) is 0 Å². The zero-order chi connectivity index (χ0) is 15.2. The van der Waals surface area contributed by atoms with Gasteiger partial charge >= 0.3 is 0 Å². The van der Waals surface area contributed by atoms with Crippen LogP contribution in [0.1, 0.15) is 51.6 Å². The fourth-order valence-electron chi connectivity index (χ4n) is 3.47. The van der Waals surface area contributed by atoms with E-state index in [0.29, 0.717) is 12.0 Å². The maximum absolute atomic E-state index is 13.8. The molecule has 1 fully saturated rings. The van der Waals surface area contributed by atoms with Gasteiger partial charge in [0.1, 0.15) is 5.82 Å². The van der Waals surface area contributed by atoms with Gasteiger partial charge in [-0.1, -0.05) is 25.1 Å². The maximum Gasteiger partial charge on any atom is 0.127 e. The standard InChI is InChI=1S/C18H29FN2/c1-4-11-21-12-7-8-16(13-21)14(2)20-15(3)17-9-5-6-10-18(17)19/h5-6,9-10,14-16,20H,4,7-8,11-13H2,1-3H3. The van der Waals surface area contributed by atoms with E-state index in [-0.39, 0.29) is 11.9 Å². The van der Waals surface area contributed by atoms with E-state index in [0.717, 1.165) is 5.56 Å². The van der Waals surface area contributed by atoms with Crippen molar-refractivity contribution in [3.63, 3.8) is 0 Å². The van der Waals surface area contributed by atoms with Crippen LogP contribution >= 0.6 is 0 Å². The molecule has 3 unspecified atom stereocenters. The van der Waals surface area contributed by atoms with Gasteiger partial charge in [-0.3, -0.25) is 0 Å². The Labute approximate surface area is 128 Å². The summed E-state index contributed by atoms with van der Waals surface area (Å²) < 4.78 is 13.8. The average molecular weight is 292 g/mol. The molecule has 1 N–H and O–H groups in total. The molecule has 1 heterocycles. The Balaban J connectivity index is 1.91. The van der Waals surface area contributed by atoms with Crippen LogP contribution in [0, 0.1) is 11.7 Å². The minimum Gasteiger partial charge on any atom is -0.307 e. The molecular formula is C18H29FN2. The first-order valence-corrected chi connectivity index (χ1v) is 8.34. The Morgan fingerprint density at radius 2 is 2.10 bits per heavy atom. The molecule has 1 saturated heterocycles. The van der Waals surface area contributed by atoms with Crippen LogP contribution in [0.2, 0.25) is 0 Å². The molecule has 0 aromatic heterocycles. The predicted octanol–water partition coefficient (Wildman–Crippen LogP) is 3.99. The third-order valence-electron chi connectivity index (χ3n) is 4.67. The largest absolute Gasteiger partial charge is 0.307 e. The van der Waals surface area contributed by atoms with E-state index >= 15 is 0 Å². The smallest absolute Gasteiger partial charge is 0.127 e.